The van der Waals surface area contributed by atoms with Gasteiger partial charge in [-0.3, -0.25) is 9.59 Å². The van der Waals surface area contributed by atoms with Crippen molar-refractivity contribution in [3.63, 3.8) is 0 Å². The van der Waals surface area contributed by atoms with Gasteiger partial charge >= 0.3 is 5.97 Å². The van der Waals surface area contributed by atoms with E-state index < -0.39 is 18.5 Å². The summed E-state index contributed by atoms with van der Waals surface area (Å²) in [6, 6.07) is 11.6. The summed E-state index contributed by atoms with van der Waals surface area (Å²) in [7, 11) is 0. The van der Waals surface area contributed by atoms with Crippen molar-refractivity contribution in [3.8, 4) is 0 Å². The third-order valence-electron chi connectivity index (χ3n) is 3.33. The molecular weight excluding hydrogens is 364 g/mol. The van der Waals surface area contributed by atoms with Crippen molar-refractivity contribution in [1.82, 2.24) is 0 Å². The average molecular weight is 377 g/mol. The van der Waals surface area contributed by atoms with Crippen molar-refractivity contribution < 1.29 is 19.1 Å². The van der Waals surface area contributed by atoms with E-state index in [1.165, 1.54) is 17.8 Å². The van der Waals surface area contributed by atoms with Crippen molar-refractivity contribution in [3.05, 3.63) is 53.1 Å². The number of nitrogens with one attached hydrogen (secondary N) is 2. The lowest BCUT2D eigenvalue weighted by Gasteiger charge is -2.16. The molecule has 0 aliphatic carbocycles. The molecule has 0 saturated heterocycles. The van der Waals surface area contributed by atoms with Gasteiger partial charge in [0.25, 0.3) is 5.91 Å². The molecule has 2 amide bonds. The van der Waals surface area contributed by atoms with E-state index in [1.54, 1.807) is 36.4 Å². The van der Waals surface area contributed by atoms with Gasteiger partial charge in [-0.15, -0.1) is 11.8 Å². The number of rotatable bonds is 4. The molecule has 1 aliphatic rings. The highest BCUT2D eigenvalue weighted by Crippen LogP contribution is 2.32. The maximum Gasteiger partial charge on any atom is 0.338 e. The number of hydrogen-bond acceptors (Lipinski definition) is 5. The molecule has 0 unspecified atom stereocenters. The Morgan fingerprint density at radius 1 is 1.24 bits per heavy atom. The number of carbonyl (C=O) groups excluding carboxylic acids is 3. The highest BCUT2D eigenvalue weighted by molar-refractivity contribution is 8.00. The fourth-order valence-corrected chi connectivity index (χ4v) is 3.14. The molecule has 0 fully saturated rings. The van der Waals surface area contributed by atoms with Crippen LogP contribution in [0.1, 0.15) is 10.4 Å². The minimum Gasteiger partial charge on any atom is -0.452 e. The monoisotopic (exact) mass is 376 g/mol. The predicted molar refractivity (Wildman–Crippen MR) is 96.2 cm³/mol. The summed E-state index contributed by atoms with van der Waals surface area (Å²) in [5.74, 6) is -0.925. The van der Waals surface area contributed by atoms with Crippen molar-refractivity contribution in [2.45, 2.75) is 4.90 Å². The lowest BCUT2D eigenvalue weighted by atomic mass is 10.2. The van der Waals surface area contributed by atoms with Crippen molar-refractivity contribution in [2.75, 3.05) is 23.0 Å². The topological polar surface area (TPSA) is 84.5 Å². The number of anilines is 2. The molecule has 128 valence electrons. The summed E-state index contributed by atoms with van der Waals surface area (Å²) in [4.78, 5) is 36.3. The minimum atomic E-state index is -0.651. The van der Waals surface area contributed by atoms with Gasteiger partial charge in [0.1, 0.15) is 0 Å². The molecule has 2 aromatic carbocycles. The van der Waals surface area contributed by atoms with Gasteiger partial charge in [-0.25, -0.2) is 4.79 Å². The zero-order valence-electron chi connectivity index (χ0n) is 12.9. The van der Waals surface area contributed by atoms with Crippen LogP contribution < -0.4 is 10.6 Å². The molecule has 6 nitrogen and oxygen atoms in total. The molecule has 2 aromatic rings. The first-order valence-corrected chi connectivity index (χ1v) is 8.67. The van der Waals surface area contributed by atoms with Crippen LogP contribution >= 0.6 is 23.4 Å². The number of hydrogen-bond donors (Lipinski definition) is 2. The molecule has 0 aromatic heterocycles. The van der Waals surface area contributed by atoms with Crippen LogP contribution in [0.3, 0.4) is 0 Å². The third kappa shape index (κ3) is 4.32. The summed E-state index contributed by atoms with van der Waals surface area (Å²) in [6.45, 7) is -0.442. The number of carbonyl (C=O) groups is 3. The Morgan fingerprint density at radius 3 is 2.84 bits per heavy atom. The van der Waals surface area contributed by atoms with E-state index >= 15 is 0 Å². The lowest BCUT2D eigenvalue weighted by molar-refractivity contribution is -0.119. The SMILES string of the molecule is O=C(COC(=O)c1ccc2c(c1)NC(=O)CS2)Nc1ccccc1Cl. The van der Waals surface area contributed by atoms with Gasteiger partial charge in [-0.05, 0) is 30.3 Å². The molecule has 8 heteroatoms. The van der Waals surface area contributed by atoms with Gasteiger partial charge in [-0.1, -0.05) is 23.7 Å². The molecule has 0 saturated carbocycles. The number of para-hydroxylation sites is 1. The number of thioether (sulfide) groups is 1. The molecule has 0 spiro atoms. The van der Waals surface area contributed by atoms with Crippen LogP contribution in [-0.2, 0) is 14.3 Å². The minimum absolute atomic E-state index is 0.123. The summed E-state index contributed by atoms with van der Waals surface area (Å²) in [5.41, 5.74) is 1.27. The van der Waals surface area contributed by atoms with Crippen molar-refractivity contribution >= 4 is 52.5 Å². The Balaban J connectivity index is 1.59. The number of ether oxygens (including phenoxy) is 1. The quantitative estimate of drug-likeness (QED) is 0.800. The molecule has 1 heterocycles. The zero-order chi connectivity index (χ0) is 17.8. The lowest BCUT2D eigenvalue weighted by Crippen LogP contribution is -2.22. The maximum atomic E-state index is 12.1. The van der Waals surface area contributed by atoms with Crippen LogP contribution in [0.4, 0.5) is 11.4 Å². The number of esters is 1. The van der Waals surface area contributed by atoms with E-state index in [-0.39, 0.29) is 11.5 Å². The molecule has 2 N–H and O–H groups in total. The van der Waals surface area contributed by atoms with Crippen molar-refractivity contribution in [1.29, 1.82) is 0 Å². The second-order valence-electron chi connectivity index (χ2n) is 5.15. The standard InChI is InChI=1S/C17H13ClN2O4S/c18-11-3-1-2-4-12(11)19-15(21)8-24-17(23)10-5-6-14-13(7-10)20-16(22)9-25-14/h1-7H,8-9H2,(H,19,21)(H,20,22). The number of benzene rings is 2. The van der Waals surface area contributed by atoms with Crippen LogP contribution in [0.2, 0.25) is 5.02 Å². The molecule has 0 atom stereocenters. The Morgan fingerprint density at radius 2 is 2.04 bits per heavy atom. The van der Waals surface area contributed by atoms with Crippen LogP contribution in [0.5, 0.6) is 0 Å². The van der Waals surface area contributed by atoms with Gasteiger partial charge in [0.15, 0.2) is 6.61 Å². The summed E-state index contributed by atoms with van der Waals surface area (Å²) in [5, 5.41) is 5.66. The van der Waals surface area contributed by atoms with Gasteiger partial charge in [0.2, 0.25) is 5.91 Å². The van der Waals surface area contributed by atoms with E-state index in [1.807, 2.05) is 0 Å². The van der Waals surface area contributed by atoms with E-state index in [4.69, 9.17) is 16.3 Å². The number of amides is 2. The van der Waals surface area contributed by atoms with Gasteiger partial charge in [0.05, 0.1) is 27.7 Å². The Bertz CT molecular complexity index is 856. The molecule has 0 bridgehead atoms. The van der Waals surface area contributed by atoms with E-state index in [9.17, 15) is 14.4 Å². The maximum absolute atomic E-state index is 12.1. The highest BCUT2D eigenvalue weighted by Gasteiger charge is 2.18. The average Bonchev–Trinajstić information content (AvgIpc) is 2.61. The zero-order valence-corrected chi connectivity index (χ0v) is 14.4. The van der Waals surface area contributed by atoms with E-state index in [0.717, 1.165) is 4.90 Å². The summed E-state index contributed by atoms with van der Waals surface area (Å²) >= 11 is 7.34. The van der Waals surface area contributed by atoms with Gasteiger partial charge in [0, 0.05) is 4.90 Å². The highest BCUT2D eigenvalue weighted by atomic mass is 35.5. The first kappa shape index (κ1) is 17.3. The molecule has 1 aliphatic heterocycles. The number of halogens is 1. The molecule has 3 rings (SSSR count). The smallest absolute Gasteiger partial charge is 0.338 e. The van der Waals surface area contributed by atoms with E-state index in [0.29, 0.717) is 22.2 Å². The molecular formula is C17H13ClN2O4S. The normalized spacial score (nSPS) is 12.8. The fourth-order valence-electron chi connectivity index (χ4n) is 2.17. The first-order valence-electron chi connectivity index (χ1n) is 7.31. The Hall–Kier alpha value is -2.51. The second-order valence-corrected chi connectivity index (χ2v) is 6.58. The number of fused-ring (bicyclic) bond motifs is 1. The van der Waals surface area contributed by atoms with Crippen molar-refractivity contribution in [2.24, 2.45) is 0 Å². The van der Waals surface area contributed by atoms with E-state index in [2.05, 4.69) is 10.6 Å². The molecule has 25 heavy (non-hydrogen) atoms. The van der Waals surface area contributed by atoms with Crippen LogP contribution in [-0.4, -0.2) is 30.1 Å². The van der Waals surface area contributed by atoms with Crippen LogP contribution in [0.25, 0.3) is 0 Å². The summed E-state index contributed by atoms with van der Waals surface area (Å²) in [6.07, 6.45) is 0. The van der Waals surface area contributed by atoms with Crippen LogP contribution in [0, 0.1) is 0 Å². The first-order chi connectivity index (χ1) is 12.0. The van der Waals surface area contributed by atoms with Crippen LogP contribution in [0.15, 0.2) is 47.4 Å². The Kier molecular flexibility index (Phi) is 5.25. The predicted octanol–water partition coefficient (Wildman–Crippen LogP) is 3.18. The largest absolute Gasteiger partial charge is 0.452 e. The Labute approximate surface area is 152 Å². The van der Waals surface area contributed by atoms with Gasteiger partial charge < -0.3 is 15.4 Å². The second kappa shape index (κ2) is 7.58. The summed E-state index contributed by atoms with van der Waals surface area (Å²) < 4.78 is 5.01. The van der Waals surface area contributed by atoms with Gasteiger partial charge in [-0.2, -0.15) is 0 Å². The fraction of sp³-hybridized carbons (Fsp3) is 0.118. The molecule has 0 radical (unpaired) electrons. The third-order valence-corrected chi connectivity index (χ3v) is 4.73.